The second-order valence-corrected chi connectivity index (χ2v) is 3.65. The van der Waals surface area contributed by atoms with Crippen LogP contribution in [0.5, 0.6) is 0 Å². The number of hydrogen-bond acceptors (Lipinski definition) is 4. The number of aldehydes is 2. The Bertz CT molecular complexity index is 584. The number of carbonyl (C=O) groups excluding carboxylic acids is 2. The van der Waals surface area contributed by atoms with Crippen LogP contribution < -0.4 is 0 Å². The number of halogens is 1. The van der Waals surface area contributed by atoms with Gasteiger partial charge in [-0.15, -0.1) is 0 Å². The van der Waals surface area contributed by atoms with E-state index in [2.05, 4.69) is 9.97 Å². The summed E-state index contributed by atoms with van der Waals surface area (Å²) in [6, 6.07) is 4.66. The van der Waals surface area contributed by atoms with Crippen molar-refractivity contribution in [3.05, 3.63) is 46.7 Å². The largest absolute Gasteiger partial charge is 0.298 e. The molecule has 0 saturated heterocycles. The summed E-state index contributed by atoms with van der Waals surface area (Å²) in [6.45, 7) is 0. The lowest BCUT2D eigenvalue weighted by Crippen LogP contribution is -1.93. The topological polar surface area (TPSA) is 59.9 Å². The minimum Gasteiger partial charge on any atom is -0.298 e. The molecule has 5 heteroatoms. The Labute approximate surface area is 102 Å². The molecule has 0 bridgehead atoms. The molecule has 0 fully saturated rings. The maximum absolute atomic E-state index is 10.7. The van der Waals surface area contributed by atoms with Crippen LogP contribution in [0.3, 0.4) is 0 Å². The molecule has 2 aromatic heterocycles. The summed E-state index contributed by atoms with van der Waals surface area (Å²) in [5.74, 6) is 0. The third-order valence-corrected chi connectivity index (χ3v) is 2.61. The highest BCUT2D eigenvalue weighted by molar-refractivity contribution is 6.35. The van der Waals surface area contributed by atoms with Crippen molar-refractivity contribution >= 4 is 24.2 Å². The van der Waals surface area contributed by atoms with Gasteiger partial charge >= 0.3 is 0 Å². The van der Waals surface area contributed by atoms with Crippen LogP contribution in [-0.4, -0.2) is 22.5 Å². The van der Waals surface area contributed by atoms with Crippen molar-refractivity contribution in [3.63, 3.8) is 0 Å². The molecule has 0 unspecified atom stereocenters. The molecule has 17 heavy (non-hydrogen) atoms. The monoisotopic (exact) mass is 246 g/mol. The Morgan fingerprint density at radius 3 is 2.53 bits per heavy atom. The molecule has 0 radical (unpaired) electrons. The molecule has 0 aliphatic carbocycles. The van der Waals surface area contributed by atoms with Gasteiger partial charge in [-0.25, -0.2) is 0 Å². The molecule has 84 valence electrons. The molecule has 2 rings (SSSR count). The third kappa shape index (κ3) is 2.21. The highest BCUT2D eigenvalue weighted by Crippen LogP contribution is 2.26. The Hall–Kier alpha value is -2.07. The van der Waals surface area contributed by atoms with Gasteiger partial charge in [-0.2, -0.15) is 0 Å². The van der Waals surface area contributed by atoms with Crippen LogP contribution in [0.1, 0.15) is 20.7 Å². The van der Waals surface area contributed by atoms with Crippen molar-refractivity contribution in [2.75, 3.05) is 0 Å². The lowest BCUT2D eigenvalue weighted by atomic mass is 10.1. The van der Waals surface area contributed by atoms with Crippen LogP contribution >= 0.6 is 11.6 Å². The highest BCUT2D eigenvalue weighted by Gasteiger charge is 2.10. The quantitative estimate of drug-likeness (QED) is 0.781. The molecule has 0 aliphatic heterocycles. The van der Waals surface area contributed by atoms with E-state index in [-0.39, 0.29) is 5.02 Å². The van der Waals surface area contributed by atoms with Crippen LogP contribution in [0.2, 0.25) is 5.02 Å². The molecule has 0 N–H and O–H groups in total. The number of aromatic nitrogens is 2. The van der Waals surface area contributed by atoms with Gasteiger partial charge in [0.05, 0.1) is 10.7 Å². The standard InChI is InChI=1S/C12H7ClN2O2/c13-11-9(7-17)2-4-15-12(11)10-5-8(6-16)1-3-14-10/h1-7H. The molecule has 0 spiro atoms. The maximum Gasteiger partial charge on any atom is 0.151 e. The van der Waals surface area contributed by atoms with E-state index in [1.54, 1.807) is 12.1 Å². The van der Waals surface area contributed by atoms with Gasteiger partial charge in [0.25, 0.3) is 0 Å². The summed E-state index contributed by atoms with van der Waals surface area (Å²) in [5.41, 5.74) is 1.67. The second kappa shape index (κ2) is 4.84. The Kier molecular flexibility index (Phi) is 3.25. The molecule has 4 nitrogen and oxygen atoms in total. The first-order chi connectivity index (χ1) is 8.26. The summed E-state index contributed by atoms with van der Waals surface area (Å²) >= 11 is 6.02. The lowest BCUT2D eigenvalue weighted by Gasteiger charge is -2.04. The molecule has 2 heterocycles. The van der Waals surface area contributed by atoms with Crippen molar-refractivity contribution in [2.45, 2.75) is 0 Å². The van der Waals surface area contributed by atoms with Crippen LogP contribution in [0.15, 0.2) is 30.6 Å². The maximum atomic E-state index is 10.7. The van der Waals surface area contributed by atoms with Crippen LogP contribution in [-0.2, 0) is 0 Å². The van der Waals surface area contributed by atoms with E-state index in [1.165, 1.54) is 18.5 Å². The number of pyridine rings is 2. The van der Waals surface area contributed by atoms with E-state index < -0.39 is 0 Å². The van der Waals surface area contributed by atoms with Crippen molar-refractivity contribution in [1.29, 1.82) is 0 Å². The first kappa shape index (κ1) is 11.4. The SMILES string of the molecule is O=Cc1ccnc(-c2nccc(C=O)c2Cl)c1. The van der Waals surface area contributed by atoms with Crippen molar-refractivity contribution in [2.24, 2.45) is 0 Å². The second-order valence-electron chi connectivity index (χ2n) is 3.27. The Morgan fingerprint density at radius 2 is 1.82 bits per heavy atom. The average Bonchev–Trinajstić information content (AvgIpc) is 2.39. The fourth-order valence-corrected chi connectivity index (χ4v) is 1.63. The van der Waals surface area contributed by atoms with Gasteiger partial charge in [0.15, 0.2) is 6.29 Å². The van der Waals surface area contributed by atoms with Gasteiger partial charge in [-0.3, -0.25) is 19.6 Å². The first-order valence-corrected chi connectivity index (χ1v) is 5.15. The van der Waals surface area contributed by atoms with E-state index in [4.69, 9.17) is 11.6 Å². The van der Waals surface area contributed by atoms with Gasteiger partial charge in [0.1, 0.15) is 12.0 Å². The predicted octanol–water partition coefficient (Wildman–Crippen LogP) is 2.42. The highest BCUT2D eigenvalue weighted by atomic mass is 35.5. The van der Waals surface area contributed by atoms with Gasteiger partial charge < -0.3 is 0 Å². The van der Waals surface area contributed by atoms with E-state index in [1.807, 2.05) is 0 Å². The summed E-state index contributed by atoms with van der Waals surface area (Å²) < 4.78 is 0. The molecule has 0 atom stereocenters. The van der Waals surface area contributed by atoms with Gasteiger partial charge in [0, 0.05) is 23.5 Å². The first-order valence-electron chi connectivity index (χ1n) is 4.77. The number of nitrogens with zero attached hydrogens (tertiary/aromatic N) is 2. The van der Waals surface area contributed by atoms with Gasteiger partial charge in [0.2, 0.25) is 0 Å². The molecule has 0 saturated carbocycles. The summed E-state index contributed by atoms with van der Waals surface area (Å²) in [6.07, 6.45) is 4.32. The van der Waals surface area contributed by atoms with Crippen LogP contribution in [0.4, 0.5) is 0 Å². The van der Waals surface area contributed by atoms with E-state index >= 15 is 0 Å². The number of carbonyl (C=O) groups is 2. The van der Waals surface area contributed by atoms with Crippen LogP contribution in [0, 0.1) is 0 Å². The zero-order valence-electron chi connectivity index (χ0n) is 8.63. The Morgan fingerprint density at radius 1 is 1.06 bits per heavy atom. The van der Waals surface area contributed by atoms with E-state index in [9.17, 15) is 9.59 Å². The predicted molar refractivity (Wildman–Crippen MR) is 63.3 cm³/mol. The molecule has 2 aromatic rings. The summed E-state index contributed by atoms with van der Waals surface area (Å²) in [4.78, 5) is 29.5. The smallest absolute Gasteiger partial charge is 0.151 e. The summed E-state index contributed by atoms with van der Waals surface area (Å²) in [7, 11) is 0. The molecular formula is C12H7ClN2O2. The fourth-order valence-electron chi connectivity index (χ4n) is 1.38. The lowest BCUT2D eigenvalue weighted by molar-refractivity contribution is 0.111. The number of rotatable bonds is 3. The zero-order valence-corrected chi connectivity index (χ0v) is 9.39. The molecule has 0 aliphatic rings. The zero-order chi connectivity index (χ0) is 12.3. The normalized spacial score (nSPS) is 9.94. The number of hydrogen-bond donors (Lipinski definition) is 0. The summed E-state index contributed by atoms with van der Waals surface area (Å²) in [5, 5.41) is 0.234. The van der Waals surface area contributed by atoms with E-state index in [0.29, 0.717) is 35.1 Å². The molecule has 0 aromatic carbocycles. The van der Waals surface area contributed by atoms with Crippen molar-refractivity contribution in [1.82, 2.24) is 9.97 Å². The van der Waals surface area contributed by atoms with Gasteiger partial charge in [-0.05, 0) is 18.2 Å². The van der Waals surface area contributed by atoms with Crippen molar-refractivity contribution < 1.29 is 9.59 Å². The third-order valence-electron chi connectivity index (χ3n) is 2.21. The molecular weight excluding hydrogens is 240 g/mol. The van der Waals surface area contributed by atoms with Gasteiger partial charge in [-0.1, -0.05) is 11.6 Å². The fraction of sp³-hybridized carbons (Fsp3) is 0. The minimum atomic E-state index is 0.234. The van der Waals surface area contributed by atoms with Crippen molar-refractivity contribution in [3.8, 4) is 11.4 Å². The minimum absolute atomic E-state index is 0.234. The molecule has 0 amide bonds. The van der Waals surface area contributed by atoms with Crippen LogP contribution in [0.25, 0.3) is 11.4 Å². The average molecular weight is 247 g/mol. The Balaban J connectivity index is 2.59. The van der Waals surface area contributed by atoms with E-state index in [0.717, 1.165) is 0 Å².